The van der Waals surface area contributed by atoms with Gasteiger partial charge in [0.2, 0.25) is 0 Å². The molecule has 0 saturated carbocycles. The van der Waals surface area contributed by atoms with Gasteiger partial charge in [0.25, 0.3) is 0 Å². The molecule has 2 aromatic rings. The van der Waals surface area contributed by atoms with E-state index in [4.69, 9.17) is 61.3 Å². The van der Waals surface area contributed by atoms with E-state index in [1.807, 2.05) is 12.1 Å². The zero-order valence-corrected chi connectivity index (χ0v) is 29.3. The maximum Gasteiger partial charge on any atom is 2.00 e. The van der Waals surface area contributed by atoms with Crippen molar-refractivity contribution < 1.29 is 71.5 Å². The molecule has 0 spiro atoms. The summed E-state index contributed by atoms with van der Waals surface area (Å²) in [6.07, 6.45) is 0. The van der Waals surface area contributed by atoms with Crippen LogP contribution in [0.25, 0.3) is 0 Å². The Balaban J connectivity index is -0.0000000380. The molecule has 0 atom stereocenters. The summed E-state index contributed by atoms with van der Waals surface area (Å²) in [7, 11) is 0. The van der Waals surface area contributed by atoms with Gasteiger partial charge in [-0.3, -0.25) is 0 Å². The molecule has 0 aliphatic heterocycles. The fraction of sp³-hybridized carbons (Fsp3) is 0.250. The third-order valence-electron chi connectivity index (χ3n) is 2.24. The third-order valence-corrected chi connectivity index (χ3v) is 2.24. The average molecular weight is 596 g/mol. The van der Waals surface area contributed by atoms with Gasteiger partial charge in [-0.2, -0.15) is 0 Å². The normalized spacial score (nSPS) is 9.41. The first-order chi connectivity index (χ1) is 13.3. The molecule has 172 valence electrons. The maximum absolute atomic E-state index is 10.3. The van der Waals surface area contributed by atoms with Crippen LogP contribution in [-0.4, -0.2) is 185 Å². The zero-order valence-electron chi connectivity index (χ0n) is 19.4. The van der Waals surface area contributed by atoms with E-state index < -0.39 is 23.9 Å². The molecule has 0 bridgehead atoms. The van der Waals surface area contributed by atoms with E-state index in [1.165, 1.54) is 24.3 Å². The topological polar surface area (TPSA) is 323 Å². The van der Waals surface area contributed by atoms with Gasteiger partial charge in [-0.05, 0) is 0 Å². The van der Waals surface area contributed by atoms with Crippen molar-refractivity contribution in [3.8, 4) is 11.5 Å². The van der Waals surface area contributed by atoms with Crippen LogP contribution in [0, 0.1) is 0 Å². The van der Waals surface area contributed by atoms with Gasteiger partial charge >= 0.3 is 161 Å². The fourth-order valence-corrected chi connectivity index (χ4v) is 0.841. The van der Waals surface area contributed by atoms with Crippen molar-refractivity contribution in [3.05, 3.63) is 60.7 Å². The third kappa shape index (κ3) is 38.9. The smallest absolute Gasteiger partial charge is 0.879 e. The largest absolute Gasteiger partial charge is 2.00 e. The quantitative estimate of drug-likeness (QED) is 0.229. The molecule has 0 aliphatic carbocycles. The van der Waals surface area contributed by atoms with E-state index in [9.17, 15) is 10.2 Å². The van der Waals surface area contributed by atoms with Crippen LogP contribution in [0.5, 0.6) is 11.5 Å². The van der Waals surface area contributed by atoms with Gasteiger partial charge in [0.1, 0.15) is 0 Å². The van der Waals surface area contributed by atoms with Crippen molar-refractivity contribution in [2.45, 2.75) is 23.9 Å². The minimum Gasteiger partial charge on any atom is -0.879 e. The summed E-state index contributed by atoms with van der Waals surface area (Å²) in [6, 6.07) is 16.7. The van der Waals surface area contributed by atoms with E-state index >= 15 is 0 Å². The zero-order chi connectivity index (χ0) is 24.2. The fourth-order valence-electron chi connectivity index (χ4n) is 0.841. The van der Waals surface area contributed by atoms with E-state index in [2.05, 4.69) is 0 Å². The summed E-state index contributed by atoms with van der Waals surface area (Å²) in [5, 5.41) is 129. The second kappa shape index (κ2) is 30.4. The molecule has 0 aliphatic rings. The van der Waals surface area contributed by atoms with Gasteiger partial charge < -0.3 is 95.4 Å². The monoisotopic (exact) mass is 594 g/mol. The molecule has 0 amide bonds. The number of hydrogen-bond donors (Lipinski definition) is 0. The second-order valence-electron chi connectivity index (χ2n) is 4.85. The summed E-state index contributed by atoms with van der Waals surface area (Å²) in [5.74, 6) is -19.8. The van der Waals surface area contributed by atoms with Crippen LogP contribution in [0.1, 0.15) is 0 Å². The Morgan fingerprint density at radius 3 is 0.486 bits per heavy atom. The number of benzene rings is 2. The molecule has 37 heavy (non-hydrogen) atoms. The van der Waals surface area contributed by atoms with Gasteiger partial charge in [-0.15, -0.1) is 11.5 Å². The van der Waals surface area contributed by atoms with Crippen molar-refractivity contribution >= 4 is 161 Å². The van der Waals surface area contributed by atoms with E-state index in [0.29, 0.717) is 0 Å². The van der Waals surface area contributed by atoms with Crippen LogP contribution in [0.3, 0.4) is 0 Å². The van der Waals surface area contributed by atoms with Crippen LogP contribution >= 0.6 is 0 Å². The minimum atomic E-state index is -4.98. The number of para-hydroxylation sites is 2. The molecule has 21 heteroatoms. The van der Waals surface area contributed by atoms with Crippen LogP contribution in [0.15, 0.2) is 60.7 Å². The molecule has 0 fully saturated rings. The molecule has 2 aromatic carbocycles. The van der Waals surface area contributed by atoms with Crippen molar-refractivity contribution in [3.63, 3.8) is 0 Å². The van der Waals surface area contributed by atoms with Crippen LogP contribution in [0.2, 0.25) is 0 Å². The average Bonchev–Trinajstić information content (AvgIpc) is 2.54. The molecular formula is C16H10Mg7O14. The predicted molar refractivity (Wildman–Crippen MR) is 103 cm³/mol. The van der Waals surface area contributed by atoms with Gasteiger partial charge in [-0.1, -0.05) is 60.7 Å². The van der Waals surface area contributed by atoms with E-state index in [-0.39, 0.29) is 173 Å². The molecular weight excluding hydrogens is 586 g/mol. The van der Waals surface area contributed by atoms with Crippen LogP contribution in [0.4, 0.5) is 0 Å². The Bertz CT molecular complexity index is 606. The summed E-state index contributed by atoms with van der Waals surface area (Å²) in [4.78, 5) is 0. The maximum atomic E-state index is 10.3. The summed E-state index contributed by atoms with van der Waals surface area (Å²) < 4.78 is 0. The molecule has 14 nitrogen and oxygen atoms in total. The Kier molecular flexibility index (Phi) is 51.9. The number of rotatable bonds is 2. The van der Waals surface area contributed by atoms with Gasteiger partial charge in [0.05, 0.1) is 0 Å². The summed E-state index contributed by atoms with van der Waals surface area (Å²) in [6.45, 7) is 0. The number of hydrogen-bond acceptors (Lipinski definition) is 14. The van der Waals surface area contributed by atoms with Gasteiger partial charge in [0.15, 0.2) is 0 Å². The van der Waals surface area contributed by atoms with Crippen molar-refractivity contribution in [2.75, 3.05) is 0 Å². The predicted octanol–water partition coefficient (Wildman–Crippen LogP) is -16.2. The summed E-state index contributed by atoms with van der Waals surface area (Å²) in [5.41, 5.74) is 0. The summed E-state index contributed by atoms with van der Waals surface area (Å²) >= 11 is 0. The van der Waals surface area contributed by atoms with Gasteiger partial charge in [-0.25, -0.2) is 0 Å². The Hall–Kier alpha value is 2.92. The first-order valence-corrected chi connectivity index (χ1v) is 7.18. The van der Waals surface area contributed by atoms with Crippen molar-refractivity contribution in [1.29, 1.82) is 0 Å². The first-order valence-electron chi connectivity index (χ1n) is 7.18. The SMILES string of the molecule is [Mg+2].[Mg+2].[Mg+2].[Mg+2].[Mg+2].[Mg+2].[Mg+2].[O-]C([O-])([O-])C([O-])([O-])[O-].[O-]C([O-])([O-])C([O-])([O-])[O-].[O-]c1ccccc1.[O-]c1ccccc1. The molecule has 0 aromatic heterocycles. The van der Waals surface area contributed by atoms with Crippen molar-refractivity contribution in [2.24, 2.45) is 0 Å². The second-order valence-corrected chi connectivity index (χ2v) is 4.85. The first kappa shape index (κ1) is 63.3. The van der Waals surface area contributed by atoms with E-state index in [1.54, 1.807) is 24.3 Å². The van der Waals surface area contributed by atoms with E-state index in [0.717, 1.165) is 0 Å². The minimum absolute atomic E-state index is 0. The van der Waals surface area contributed by atoms with Crippen molar-refractivity contribution in [1.82, 2.24) is 0 Å². The molecule has 0 heterocycles. The molecule has 2 rings (SSSR count). The van der Waals surface area contributed by atoms with Crippen LogP contribution in [-0.2, 0) is 0 Å². The van der Waals surface area contributed by atoms with Gasteiger partial charge in [0, 0.05) is 0 Å². The molecule has 0 N–H and O–H groups in total. The Labute approximate surface area is 324 Å². The molecule has 0 saturated heterocycles. The molecule has 0 radical (unpaired) electrons. The molecule has 0 unspecified atom stereocenters. The standard InChI is InChI=1S/2C6H6O.2C2O6.7Mg/c2*7-6-4-2-1-3-5-6;2*3-1(4,5)2(6,7)8;;;;;;;/h2*1-5,7H;;;;;;;;;/q;;2*-6;7*+2/p-2. The Morgan fingerprint density at radius 2 is 0.432 bits per heavy atom. The Morgan fingerprint density at radius 1 is 0.297 bits per heavy atom. The van der Waals surface area contributed by atoms with Crippen LogP contribution < -0.4 is 71.5 Å².